The van der Waals surface area contributed by atoms with Crippen LogP contribution in [0.3, 0.4) is 0 Å². The number of nitrogens with zero attached hydrogens (tertiary/aromatic N) is 2. The lowest BCUT2D eigenvalue weighted by Gasteiger charge is -2.20. The van der Waals surface area contributed by atoms with E-state index in [1.54, 1.807) is 0 Å². The number of imidazole rings is 1. The quantitative estimate of drug-likeness (QED) is 0.190. The second-order valence-corrected chi connectivity index (χ2v) is 11.0. The molecule has 0 aliphatic heterocycles. The van der Waals surface area contributed by atoms with Crippen LogP contribution >= 0.6 is 0 Å². The summed E-state index contributed by atoms with van der Waals surface area (Å²) in [6, 6.07) is 39.6. The van der Waals surface area contributed by atoms with Gasteiger partial charge in [0, 0.05) is 11.3 Å². The van der Waals surface area contributed by atoms with Crippen LogP contribution in [0.25, 0.3) is 82.7 Å². The molecule has 2 heteroatoms. The van der Waals surface area contributed by atoms with Gasteiger partial charge in [-0.2, -0.15) is 0 Å². The zero-order chi connectivity index (χ0) is 35.8. The van der Waals surface area contributed by atoms with Crippen LogP contribution in [0, 0.1) is 0 Å². The van der Waals surface area contributed by atoms with Crippen molar-refractivity contribution in [2.75, 3.05) is 0 Å². The van der Waals surface area contributed by atoms with E-state index in [0.29, 0.717) is 5.56 Å². The number of rotatable bonds is 4. The Labute approximate surface area is 271 Å². The summed E-state index contributed by atoms with van der Waals surface area (Å²) in [7, 11) is 0. The second kappa shape index (κ2) is 10.3. The highest BCUT2D eigenvalue weighted by Crippen LogP contribution is 2.46. The first-order valence-corrected chi connectivity index (χ1v) is 14.8. The summed E-state index contributed by atoms with van der Waals surface area (Å²) < 4.78 is 63.7. The predicted molar refractivity (Wildman–Crippen MR) is 190 cm³/mol. The monoisotopic (exact) mass is 579 g/mol. The molecular weight excluding hydrogens is 544 g/mol. The molecule has 2 nitrogen and oxygen atoms in total. The number of aromatic nitrogens is 2. The molecule has 9 aromatic rings. The van der Waals surface area contributed by atoms with Crippen molar-refractivity contribution >= 4 is 43.4 Å². The van der Waals surface area contributed by atoms with Crippen LogP contribution in [-0.2, 0) is 0 Å². The van der Waals surface area contributed by atoms with E-state index in [2.05, 4.69) is 34.9 Å². The summed E-state index contributed by atoms with van der Waals surface area (Å²) in [6.45, 7) is 0. The van der Waals surface area contributed by atoms with Crippen LogP contribution in [0.4, 0.5) is 0 Å². The zero-order valence-corrected chi connectivity index (χ0v) is 24.0. The molecule has 0 N–H and O–H groups in total. The molecule has 1 aromatic heterocycles. The molecule has 9 rings (SSSR count). The topological polar surface area (TPSA) is 17.8 Å². The molecule has 0 saturated heterocycles. The van der Waals surface area contributed by atoms with Gasteiger partial charge >= 0.3 is 0 Å². The first kappa shape index (κ1) is 19.3. The molecule has 0 bridgehead atoms. The SMILES string of the molecule is [2H]c1c([2H])c([2H])c2c([2H])c(-c3c4ccccc4c(-c4ccccc4-c4nc5ccccc5n4-c4ccccc4)c4ccccc34)c([2H])c([2H])c2c1[2H]. The molecule has 1 heterocycles. The Kier molecular flexibility index (Phi) is 4.43. The van der Waals surface area contributed by atoms with E-state index in [4.69, 9.17) is 11.8 Å². The van der Waals surface area contributed by atoms with Gasteiger partial charge in [-0.05, 0) is 84.9 Å². The van der Waals surface area contributed by atoms with Crippen molar-refractivity contribution in [3.05, 3.63) is 170 Å². The Hall–Kier alpha value is -5.99. The minimum Gasteiger partial charge on any atom is -0.292 e. The van der Waals surface area contributed by atoms with Gasteiger partial charge in [0.25, 0.3) is 0 Å². The minimum absolute atomic E-state index is 0.0654. The van der Waals surface area contributed by atoms with Gasteiger partial charge in [0.05, 0.1) is 20.6 Å². The van der Waals surface area contributed by atoms with Crippen molar-refractivity contribution < 1.29 is 9.60 Å². The van der Waals surface area contributed by atoms with E-state index in [1.165, 1.54) is 0 Å². The summed E-state index contributed by atoms with van der Waals surface area (Å²) in [5.74, 6) is 0.782. The Morgan fingerprint density at radius 1 is 0.489 bits per heavy atom. The summed E-state index contributed by atoms with van der Waals surface area (Å²) >= 11 is 0. The summed E-state index contributed by atoms with van der Waals surface area (Å²) in [6.07, 6.45) is 0. The van der Waals surface area contributed by atoms with Gasteiger partial charge in [-0.1, -0.05) is 139 Å². The normalized spacial score (nSPS) is 13.7. The lowest BCUT2D eigenvalue weighted by atomic mass is 9.84. The molecule has 8 aromatic carbocycles. The average Bonchev–Trinajstić information content (AvgIpc) is 3.57. The molecule has 0 atom stereocenters. The van der Waals surface area contributed by atoms with Gasteiger partial charge in [0.1, 0.15) is 5.82 Å². The number of hydrogen-bond acceptors (Lipinski definition) is 1. The molecule has 0 aliphatic rings. The largest absolute Gasteiger partial charge is 0.292 e. The maximum Gasteiger partial charge on any atom is 0.146 e. The zero-order valence-electron chi connectivity index (χ0n) is 31.0. The van der Waals surface area contributed by atoms with Crippen LogP contribution in [0.1, 0.15) is 9.60 Å². The van der Waals surface area contributed by atoms with Crippen LogP contribution < -0.4 is 0 Å². The number of hydrogen-bond donors (Lipinski definition) is 0. The molecule has 0 unspecified atom stereocenters. The minimum atomic E-state index is -0.489. The van der Waals surface area contributed by atoms with Gasteiger partial charge in [-0.15, -0.1) is 0 Å². The van der Waals surface area contributed by atoms with Crippen molar-refractivity contribution in [1.82, 2.24) is 9.55 Å². The highest BCUT2D eigenvalue weighted by molar-refractivity contribution is 6.22. The summed E-state index contributed by atoms with van der Waals surface area (Å²) in [5, 5.41) is 3.06. The van der Waals surface area contributed by atoms with Crippen molar-refractivity contribution in [2.45, 2.75) is 0 Å². The smallest absolute Gasteiger partial charge is 0.146 e. The van der Waals surface area contributed by atoms with E-state index in [0.717, 1.165) is 60.8 Å². The molecule has 0 aliphatic carbocycles. The van der Waals surface area contributed by atoms with Crippen LogP contribution in [0.5, 0.6) is 0 Å². The first-order chi connectivity index (χ1) is 25.3. The van der Waals surface area contributed by atoms with E-state index < -0.39 is 24.2 Å². The predicted octanol–water partition coefficient (Wildman–Crippen LogP) is 11.5. The molecule has 0 saturated carbocycles. The Balaban J connectivity index is 1.41. The fourth-order valence-corrected chi connectivity index (χ4v) is 6.54. The molecule has 45 heavy (non-hydrogen) atoms. The van der Waals surface area contributed by atoms with Gasteiger partial charge in [0.2, 0.25) is 0 Å². The van der Waals surface area contributed by atoms with Crippen LogP contribution in [0.15, 0.2) is 170 Å². The van der Waals surface area contributed by atoms with E-state index in [9.17, 15) is 2.74 Å². The highest BCUT2D eigenvalue weighted by atomic mass is 15.1. The van der Waals surface area contributed by atoms with Gasteiger partial charge in [-0.3, -0.25) is 4.57 Å². The second-order valence-electron chi connectivity index (χ2n) is 11.0. The third-order valence-electron chi connectivity index (χ3n) is 8.44. The number of para-hydroxylation sites is 3. The number of fused-ring (bicyclic) bond motifs is 4. The number of benzene rings is 8. The maximum atomic E-state index is 9.43. The van der Waals surface area contributed by atoms with Gasteiger partial charge in [-0.25, -0.2) is 4.98 Å². The lowest BCUT2D eigenvalue weighted by molar-refractivity contribution is 1.10. The lowest BCUT2D eigenvalue weighted by Crippen LogP contribution is -1.99. The van der Waals surface area contributed by atoms with Gasteiger partial charge in [0.15, 0.2) is 0 Å². The first-order valence-electron chi connectivity index (χ1n) is 18.3. The Bertz CT molecular complexity index is 2880. The fourth-order valence-electron chi connectivity index (χ4n) is 6.54. The van der Waals surface area contributed by atoms with Crippen molar-refractivity contribution in [3.8, 4) is 39.3 Å². The fraction of sp³-hybridized carbons (Fsp3) is 0. The third kappa shape index (κ3) is 4.07. The summed E-state index contributed by atoms with van der Waals surface area (Å²) in [4.78, 5) is 5.19. The highest BCUT2D eigenvalue weighted by Gasteiger charge is 2.22. The average molecular weight is 580 g/mol. The van der Waals surface area contributed by atoms with E-state index in [1.807, 2.05) is 97.1 Å². The molecule has 0 fully saturated rings. The van der Waals surface area contributed by atoms with Crippen molar-refractivity contribution in [2.24, 2.45) is 0 Å². The molecular formula is C43H28N2. The molecule has 0 spiro atoms. The Morgan fingerprint density at radius 3 is 1.80 bits per heavy atom. The van der Waals surface area contributed by atoms with Gasteiger partial charge < -0.3 is 0 Å². The summed E-state index contributed by atoms with van der Waals surface area (Å²) in [5.41, 5.74) is 6.37. The van der Waals surface area contributed by atoms with E-state index in [-0.39, 0.29) is 34.5 Å². The van der Waals surface area contributed by atoms with Crippen molar-refractivity contribution in [1.29, 1.82) is 0 Å². The van der Waals surface area contributed by atoms with Crippen molar-refractivity contribution in [3.63, 3.8) is 0 Å². The maximum absolute atomic E-state index is 9.43. The van der Waals surface area contributed by atoms with E-state index >= 15 is 0 Å². The van der Waals surface area contributed by atoms with Crippen LogP contribution in [-0.4, -0.2) is 9.55 Å². The Morgan fingerprint density at radius 2 is 1.07 bits per heavy atom. The molecule has 0 radical (unpaired) electrons. The standard InChI is InChI=1S/C43H28N2/c1-2-16-32(17-3-1)45-40-25-13-12-24-39(40)44-43(45)38-23-11-10-22-37(38)42-35-20-8-6-18-33(35)41(34-19-7-9-21-36(34)42)31-27-26-29-14-4-5-15-30(29)28-31/h1-28H/i4D,5D,14D,15D,26D,27D,28D. The molecule has 0 amide bonds. The molecule has 210 valence electrons. The van der Waals surface area contributed by atoms with Crippen LogP contribution in [0.2, 0.25) is 0 Å². The third-order valence-corrected chi connectivity index (χ3v) is 8.44.